The smallest absolute Gasteiger partial charge is 0.394 e. The lowest BCUT2D eigenvalue weighted by atomic mass is 10.1. The van der Waals surface area contributed by atoms with Gasteiger partial charge < -0.3 is 29.6 Å². The maximum atomic E-state index is 12.2. The van der Waals surface area contributed by atoms with Gasteiger partial charge in [-0.3, -0.25) is 13.7 Å². The topological polar surface area (TPSA) is 172 Å². The molecular weight excluding hydrogens is 385 g/mol. The first kappa shape index (κ1) is 19.9. The molecule has 1 fully saturated rings. The number of aliphatic hydroxyl groups excluding tert-OH is 2. The van der Waals surface area contributed by atoms with Crippen LogP contribution in [0, 0.1) is 0 Å². The summed E-state index contributed by atoms with van der Waals surface area (Å²) in [5, 5.41) is 19.9. The summed E-state index contributed by atoms with van der Waals surface area (Å²) in [6, 6.07) is 0. The molecule has 0 aromatic carbocycles. The molecule has 150 valence electrons. The molecule has 3 rings (SSSR count). The highest BCUT2D eigenvalue weighted by Gasteiger charge is 2.48. The molecule has 0 unspecified atom stereocenters. The molecule has 1 aliphatic rings. The average molecular weight is 405 g/mol. The maximum absolute atomic E-state index is 12.2. The summed E-state index contributed by atoms with van der Waals surface area (Å²) >= 11 is 0. The Morgan fingerprint density at radius 2 is 2.07 bits per heavy atom. The number of aliphatic hydroxyl groups is 2. The lowest BCUT2D eigenvalue weighted by Crippen LogP contribution is -2.35. The zero-order chi connectivity index (χ0) is 20.1. The Morgan fingerprint density at radius 1 is 1.41 bits per heavy atom. The second-order valence-corrected chi connectivity index (χ2v) is 7.49. The van der Waals surface area contributed by atoms with Crippen LogP contribution in [0.25, 0.3) is 11.2 Å². The second-order valence-electron chi connectivity index (χ2n) is 6.29. The van der Waals surface area contributed by atoms with E-state index in [-0.39, 0.29) is 5.65 Å². The Hall–Kier alpha value is -1.86. The highest BCUT2D eigenvalue weighted by molar-refractivity contribution is 7.46. The fourth-order valence-electron chi connectivity index (χ4n) is 3.12. The molecule has 0 spiro atoms. The fourth-order valence-corrected chi connectivity index (χ4v) is 3.70. The van der Waals surface area contributed by atoms with Crippen LogP contribution in [-0.4, -0.2) is 78.1 Å². The number of hydrogen-bond acceptors (Lipinski definition) is 9. The van der Waals surface area contributed by atoms with Gasteiger partial charge in [0.05, 0.1) is 12.9 Å². The molecule has 13 nitrogen and oxygen atoms in total. The zero-order valence-electron chi connectivity index (χ0n) is 14.7. The van der Waals surface area contributed by atoms with Gasteiger partial charge in [-0.1, -0.05) is 0 Å². The van der Waals surface area contributed by atoms with Crippen molar-refractivity contribution in [2.75, 3.05) is 25.6 Å². The van der Waals surface area contributed by atoms with Gasteiger partial charge >= 0.3 is 13.5 Å². The second kappa shape index (κ2) is 6.95. The van der Waals surface area contributed by atoms with Gasteiger partial charge in [-0.15, -0.1) is 0 Å². The molecule has 27 heavy (non-hydrogen) atoms. The number of phosphoric acid groups is 1. The molecule has 4 N–H and O–H groups in total. The van der Waals surface area contributed by atoms with E-state index >= 15 is 0 Å². The summed E-state index contributed by atoms with van der Waals surface area (Å²) < 4.78 is 23.8. The minimum absolute atomic E-state index is 0.111. The van der Waals surface area contributed by atoms with Crippen molar-refractivity contribution in [2.45, 2.75) is 24.5 Å². The van der Waals surface area contributed by atoms with E-state index in [0.717, 1.165) is 0 Å². The highest BCUT2D eigenvalue weighted by Crippen LogP contribution is 2.44. The van der Waals surface area contributed by atoms with E-state index in [2.05, 4.69) is 14.5 Å². The number of fused-ring (bicyclic) bond motifs is 1. The number of aromatic nitrogens is 4. The molecule has 0 amide bonds. The summed E-state index contributed by atoms with van der Waals surface area (Å²) in [6.07, 6.45) is -4.18. The minimum atomic E-state index is -4.94. The van der Waals surface area contributed by atoms with Crippen molar-refractivity contribution < 1.29 is 33.8 Å². The highest BCUT2D eigenvalue weighted by atomic mass is 31.2. The summed E-state index contributed by atoms with van der Waals surface area (Å²) in [7, 11) is 0.0405. The van der Waals surface area contributed by atoms with Crippen molar-refractivity contribution in [2.24, 2.45) is 7.05 Å². The Bertz CT molecular complexity index is 952. The largest absolute Gasteiger partial charge is 0.470 e. The van der Waals surface area contributed by atoms with Crippen LogP contribution < -0.4 is 10.6 Å². The maximum Gasteiger partial charge on any atom is 0.470 e. The van der Waals surface area contributed by atoms with E-state index in [1.54, 1.807) is 19.0 Å². The first-order valence-corrected chi connectivity index (χ1v) is 9.37. The van der Waals surface area contributed by atoms with Crippen LogP contribution in [0.5, 0.6) is 0 Å². The van der Waals surface area contributed by atoms with Crippen LogP contribution in [0.4, 0.5) is 5.82 Å². The fraction of sp³-hybridized carbons (Fsp3) is 0.615. The molecule has 0 saturated carbocycles. The standard InChI is InChI=1S/C13H20N5O8P/c1-16(2)11-7-10(15-13(21)17(11)3)18(5-14-7)12-8(20)9(6(4-19)25-12)26-27(22,23)24/h5-6,8-9,12,19-20H,4H2,1-3H3,(H2,22,23,24)/t6-,8-,9-,12-/m1/s1. The lowest BCUT2D eigenvalue weighted by molar-refractivity contribution is -0.0509. The van der Waals surface area contributed by atoms with Crippen molar-refractivity contribution >= 4 is 24.8 Å². The average Bonchev–Trinajstić information content (AvgIpc) is 3.08. The number of imidazole rings is 1. The van der Waals surface area contributed by atoms with E-state index in [1.807, 2.05) is 0 Å². The van der Waals surface area contributed by atoms with Crippen LogP contribution >= 0.6 is 7.82 Å². The van der Waals surface area contributed by atoms with Crippen molar-refractivity contribution in [3.05, 3.63) is 16.8 Å². The number of ether oxygens (including phenoxy) is 1. The molecule has 0 radical (unpaired) electrons. The summed E-state index contributed by atoms with van der Waals surface area (Å²) in [5.41, 5.74) is -0.0978. The minimum Gasteiger partial charge on any atom is -0.394 e. The van der Waals surface area contributed by atoms with E-state index in [1.165, 1.54) is 22.5 Å². The summed E-state index contributed by atoms with van der Waals surface area (Å²) in [6.45, 7) is -0.650. The summed E-state index contributed by atoms with van der Waals surface area (Å²) in [4.78, 5) is 40.1. The van der Waals surface area contributed by atoms with Gasteiger partial charge in [0.2, 0.25) is 0 Å². The van der Waals surface area contributed by atoms with Gasteiger partial charge in [-0.05, 0) is 0 Å². The third-order valence-electron chi connectivity index (χ3n) is 4.23. The number of hydrogen-bond donors (Lipinski definition) is 4. The molecule has 4 atom stereocenters. The number of anilines is 1. The Balaban J connectivity index is 2.08. The van der Waals surface area contributed by atoms with Crippen LogP contribution in [-0.2, 0) is 20.9 Å². The third kappa shape index (κ3) is 3.50. The molecule has 2 aromatic rings. The molecule has 1 aliphatic heterocycles. The Labute approximate surface area is 152 Å². The van der Waals surface area contributed by atoms with Gasteiger partial charge in [-0.25, -0.2) is 14.3 Å². The molecule has 2 aromatic heterocycles. The van der Waals surface area contributed by atoms with E-state index in [4.69, 9.17) is 14.5 Å². The van der Waals surface area contributed by atoms with Crippen molar-refractivity contribution in [1.82, 2.24) is 19.1 Å². The van der Waals surface area contributed by atoms with Crippen molar-refractivity contribution in [3.8, 4) is 0 Å². The van der Waals surface area contributed by atoms with Gasteiger partial charge in [-0.2, -0.15) is 4.98 Å². The number of phosphoric ester groups is 1. The SMILES string of the molecule is CN(C)c1c2ncn([C@@H]3O[C@H](CO)[C@@H](OP(=O)(O)O)[C@H]3O)c2nc(=O)n1C. The molecule has 1 saturated heterocycles. The van der Waals surface area contributed by atoms with Crippen LogP contribution in [0.2, 0.25) is 0 Å². The van der Waals surface area contributed by atoms with Crippen LogP contribution in [0.3, 0.4) is 0 Å². The van der Waals surface area contributed by atoms with Crippen molar-refractivity contribution in [3.63, 3.8) is 0 Å². The Morgan fingerprint density at radius 3 is 2.63 bits per heavy atom. The van der Waals surface area contributed by atoms with Gasteiger partial charge in [0.15, 0.2) is 11.9 Å². The normalized spacial score (nSPS) is 26.0. The number of rotatable bonds is 5. The quantitative estimate of drug-likeness (QED) is 0.402. The first-order chi connectivity index (χ1) is 12.5. The third-order valence-corrected chi connectivity index (χ3v) is 4.75. The molecule has 0 bridgehead atoms. The Kier molecular flexibility index (Phi) is 5.12. The molecule has 3 heterocycles. The van der Waals surface area contributed by atoms with Crippen LogP contribution in [0.15, 0.2) is 11.1 Å². The monoisotopic (exact) mass is 405 g/mol. The van der Waals surface area contributed by atoms with Gasteiger partial charge in [0.25, 0.3) is 0 Å². The molecule has 14 heteroatoms. The van der Waals surface area contributed by atoms with E-state index in [9.17, 15) is 19.6 Å². The first-order valence-electron chi connectivity index (χ1n) is 7.84. The van der Waals surface area contributed by atoms with Crippen LogP contribution in [0.1, 0.15) is 6.23 Å². The van der Waals surface area contributed by atoms with Crippen molar-refractivity contribution in [1.29, 1.82) is 0 Å². The zero-order valence-corrected chi connectivity index (χ0v) is 15.6. The van der Waals surface area contributed by atoms with Gasteiger partial charge in [0.1, 0.15) is 29.6 Å². The predicted molar refractivity (Wildman–Crippen MR) is 91.0 cm³/mol. The molecule has 0 aliphatic carbocycles. The lowest BCUT2D eigenvalue weighted by Gasteiger charge is -2.20. The van der Waals surface area contributed by atoms with Gasteiger partial charge in [0, 0.05) is 21.1 Å². The number of nitrogens with zero attached hydrogens (tertiary/aromatic N) is 5. The van der Waals surface area contributed by atoms with E-state index < -0.39 is 44.7 Å². The predicted octanol–water partition coefficient (Wildman–Crippen LogP) is -2.08. The summed E-state index contributed by atoms with van der Waals surface area (Å²) in [5.74, 6) is 0.470. The molecular formula is C13H20N5O8P. The van der Waals surface area contributed by atoms with E-state index in [0.29, 0.717) is 11.3 Å².